The van der Waals surface area contributed by atoms with Crippen LogP contribution in [0.2, 0.25) is 0 Å². The summed E-state index contributed by atoms with van der Waals surface area (Å²) in [6.45, 7) is 14.9. The van der Waals surface area contributed by atoms with Gasteiger partial charge in [0.1, 0.15) is 36.4 Å². The van der Waals surface area contributed by atoms with E-state index in [9.17, 15) is 20.1 Å². The molecule has 3 aliphatic rings. The normalized spacial score (nSPS) is 23.5. The zero-order chi connectivity index (χ0) is 43.7. The number of aliphatic hydroxyl groups is 3. The molecule has 0 saturated heterocycles. The van der Waals surface area contributed by atoms with Crippen molar-refractivity contribution in [1.29, 1.82) is 0 Å². The van der Waals surface area contributed by atoms with E-state index in [0.29, 0.717) is 43.3 Å². The molecule has 0 radical (unpaired) electrons. The van der Waals surface area contributed by atoms with Gasteiger partial charge in [0.05, 0.1) is 51.3 Å². The molecule has 336 valence electrons. The largest absolute Gasteiger partial charge is 0.490 e. The molecule has 61 heavy (non-hydrogen) atoms. The Hall–Kier alpha value is -4.24. The first-order chi connectivity index (χ1) is 29.6. The van der Waals surface area contributed by atoms with Crippen LogP contribution in [0.4, 0.5) is 4.79 Å². The molecule has 0 bridgehead atoms. The fourth-order valence-electron chi connectivity index (χ4n) is 8.82. The number of oxime groups is 1. The van der Waals surface area contributed by atoms with Crippen LogP contribution >= 0.6 is 0 Å². The van der Waals surface area contributed by atoms with Crippen molar-refractivity contribution in [3.05, 3.63) is 96.6 Å². The SMILES string of the molecule is C=CCOc1ccc2c(c1)[C@H]1[C@H](CCCCO)[C@@H](CCCCO)C=C3C(=NOC(C)(C)C)C[C@H](N(CCOCCO)C(=O)OCCOCc4ccccc4)[C@@](OCC=C)(O2)[C@H]31. The summed E-state index contributed by atoms with van der Waals surface area (Å²) in [7, 11) is 0. The zero-order valence-electron chi connectivity index (χ0n) is 36.4. The molecule has 1 fully saturated rings. The van der Waals surface area contributed by atoms with Crippen molar-refractivity contribution in [3.8, 4) is 11.5 Å². The van der Waals surface area contributed by atoms with Crippen LogP contribution in [0.3, 0.4) is 0 Å². The van der Waals surface area contributed by atoms with Gasteiger partial charge >= 0.3 is 6.09 Å². The Labute approximate surface area is 361 Å². The van der Waals surface area contributed by atoms with Crippen LogP contribution in [-0.4, -0.2) is 115 Å². The number of carbonyl (C=O) groups excluding carboxylic acids is 1. The minimum absolute atomic E-state index is 0.00217. The van der Waals surface area contributed by atoms with Gasteiger partial charge in [-0.05, 0) is 87.6 Å². The second kappa shape index (κ2) is 23.8. The molecule has 2 aliphatic carbocycles. The van der Waals surface area contributed by atoms with Crippen molar-refractivity contribution in [1.82, 2.24) is 4.90 Å². The van der Waals surface area contributed by atoms with E-state index in [1.807, 2.05) is 69.3 Å². The molecule has 1 heterocycles. The highest BCUT2D eigenvalue weighted by atomic mass is 16.7. The number of allylic oxidation sites excluding steroid dienone is 1. The van der Waals surface area contributed by atoms with Crippen molar-refractivity contribution in [2.24, 2.45) is 22.9 Å². The van der Waals surface area contributed by atoms with E-state index in [2.05, 4.69) is 19.2 Å². The monoisotopic (exact) mass is 848 g/mol. The van der Waals surface area contributed by atoms with Gasteiger partial charge < -0.3 is 48.6 Å². The lowest BCUT2D eigenvalue weighted by Crippen LogP contribution is -2.70. The maximum absolute atomic E-state index is 14.6. The van der Waals surface area contributed by atoms with Crippen LogP contribution in [0.25, 0.3) is 0 Å². The van der Waals surface area contributed by atoms with E-state index < -0.39 is 29.4 Å². The summed E-state index contributed by atoms with van der Waals surface area (Å²) in [6, 6.07) is 14.8. The lowest BCUT2D eigenvalue weighted by atomic mass is 9.55. The standard InChI is InChI=1S/C48H68N2O11/c1-6-25-57-37-19-20-42-40(32-37)44-38(18-12-14-23-52)36(17-11-13-22-51)31-39-41(49-61-47(3,4)5)33-43(48(60-42,45(39)44)59-26-7-2)50(21-27-55-28-24-53)46(54)58-30-29-56-34-35-15-9-8-10-16-35/h6-10,15-16,19-20,31-32,36,38,43-45,51-53H,1-2,11-14,17-18,21-30,33-34H2,3-5H3/t36-,38+,43-,44+,45+,48+/m0/s1. The van der Waals surface area contributed by atoms with Crippen molar-refractivity contribution >= 4 is 11.8 Å². The third kappa shape index (κ3) is 12.7. The highest BCUT2D eigenvalue weighted by Gasteiger charge is 2.65. The van der Waals surface area contributed by atoms with Gasteiger partial charge in [0, 0.05) is 37.7 Å². The summed E-state index contributed by atoms with van der Waals surface area (Å²) >= 11 is 0. The Balaban J connectivity index is 1.67. The highest BCUT2D eigenvalue weighted by molar-refractivity contribution is 6.03. The van der Waals surface area contributed by atoms with Crippen LogP contribution < -0.4 is 9.47 Å². The Morgan fingerprint density at radius 1 is 0.918 bits per heavy atom. The molecule has 0 aromatic heterocycles. The Bertz CT molecular complexity index is 1740. The molecule has 1 amide bonds. The summed E-state index contributed by atoms with van der Waals surface area (Å²) in [5, 5.41) is 34.2. The number of nitrogens with zero attached hydrogens (tertiary/aromatic N) is 2. The van der Waals surface area contributed by atoms with Crippen LogP contribution in [0.1, 0.15) is 82.8 Å². The Morgan fingerprint density at radius 2 is 1.67 bits per heavy atom. The molecule has 2 aromatic carbocycles. The molecule has 1 saturated carbocycles. The van der Waals surface area contributed by atoms with E-state index in [0.717, 1.165) is 42.4 Å². The third-order valence-corrected chi connectivity index (χ3v) is 11.3. The van der Waals surface area contributed by atoms with Gasteiger partial charge in [-0.2, -0.15) is 0 Å². The van der Waals surface area contributed by atoms with Crippen LogP contribution in [0, 0.1) is 17.8 Å². The van der Waals surface area contributed by atoms with Gasteiger partial charge in [-0.1, -0.05) is 73.1 Å². The molecular weight excluding hydrogens is 781 g/mol. The average Bonchev–Trinajstić information content (AvgIpc) is 3.25. The van der Waals surface area contributed by atoms with Gasteiger partial charge in [-0.15, -0.1) is 6.58 Å². The molecule has 0 spiro atoms. The molecule has 3 N–H and O–H groups in total. The predicted molar refractivity (Wildman–Crippen MR) is 234 cm³/mol. The number of carbonyl (C=O) groups is 1. The minimum atomic E-state index is -1.48. The molecule has 2 aromatic rings. The molecule has 0 unspecified atom stereocenters. The van der Waals surface area contributed by atoms with Crippen LogP contribution in [0.5, 0.6) is 11.5 Å². The molecule has 13 heteroatoms. The van der Waals surface area contributed by atoms with Crippen molar-refractivity contribution in [2.75, 3.05) is 66.0 Å². The number of rotatable bonds is 26. The van der Waals surface area contributed by atoms with E-state index >= 15 is 0 Å². The lowest BCUT2D eigenvalue weighted by molar-refractivity contribution is -0.256. The van der Waals surface area contributed by atoms with E-state index in [1.54, 1.807) is 17.1 Å². The van der Waals surface area contributed by atoms with Crippen molar-refractivity contribution < 1.29 is 53.4 Å². The Morgan fingerprint density at radius 3 is 2.38 bits per heavy atom. The summed E-state index contributed by atoms with van der Waals surface area (Å²) < 4.78 is 38.0. The van der Waals surface area contributed by atoms with E-state index in [-0.39, 0.29) is 83.6 Å². The second-order valence-corrected chi connectivity index (χ2v) is 16.8. The fourth-order valence-corrected chi connectivity index (χ4v) is 8.82. The molecule has 6 atom stereocenters. The van der Waals surface area contributed by atoms with Crippen LogP contribution in [-0.2, 0) is 30.4 Å². The predicted octanol–water partition coefficient (Wildman–Crippen LogP) is 7.35. The average molecular weight is 849 g/mol. The van der Waals surface area contributed by atoms with Gasteiger partial charge in [0.2, 0.25) is 5.79 Å². The molecule has 13 nitrogen and oxygen atoms in total. The summed E-state index contributed by atoms with van der Waals surface area (Å²) in [5.74, 6) is -0.823. The quantitative estimate of drug-likeness (QED) is 0.0494. The molecule has 1 aliphatic heterocycles. The lowest BCUT2D eigenvalue weighted by Gasteiger charge is -2.60. The fraction of sp³-hybridized carbons (Fsp3) is 0.583. The minimum Gasteiger partial charge on any atom is -0.490 e. The number of fused-ring (bicyclic) bond motifs is 2. The van der Waals surface area contributed by atoms with Crippen molar-refractivity contribution in [3.63, 3.8) is 0 Å². The number of benzene rings is 2. The van der Waals surface area contributed by atoms with Gasteiger partial charge in [-0.25, -0.2) is 4.79 Å². The summed E-state index contributed by atoms with van der Waals surface area (Å²) in [6.07, 6.45) is 9.82. The number of ether oxygens (including phenoxy) is 6. The first kappa shape index (κ1) is 47.8. The number of hydrogen-bond donors (Lipinski definition) is 3. The maximum atomic E-state index is 14.6. The number of amides is 1. The smallest absolute Gasteiger partial charge is 0.410 e. The van der Waals surface area contributed by atoms with Gasteiger partial charge in [0.15, 0.2) is 0 Å². The highest BCUT2D eigenvalue weighted by Crippen LogP contribution is 2.62. The zero-order valence-corrected chi connectivity index (χ0v) is 36.4. The molecular formula is C48H68N2O11. The molecule has 5 rings (SSSR count). The van der Waals surface area contributed by atoms with Crippen LogP contribution in [0.15, 0.2) is 90.6 Å². The van der Waals surface area contributed by atoms with Gasteiger partial charge in [-0.3, -0.25) is 4.90 Å². The number of unbranched alkanes of at least 4 members (excludes halogenated alkanes) is 2. The third-order valence-electron chi connectivity index (χ3n) is 11.3. The number of hydrogen-bond acceptors (Lipinski definition) is 12. The summed E-state index contributed by atoms with van der Waals surface area (Å²) in [4.78, 5) is 22.4. The Kier molecular flexibility index (Phi) is 18.7. The maximum Gasteiger partial charge on any atom is 0.410 e. The van der Waals surface area contributed by atoms with Crippen molar-refractivity contribution in [2.45, 2.75) is 95.7 Å². The topological polar surface area (TPSA) is 158 Å². The first-order valence-electron chi connectivity index (χ1n) is 21.8. The first-order valence-corrected chi connectivity index (χ1v) is 21.8. The summed E-state index contributed by atoms with van der Waals surface area (Å²) in [5.41, 5.74) is 2.92. The van der Waals surface area contributed by atoms with E-state index in [1.165, 1.54) is 0 Å². The number of aliphatic hydroxyl groups excluding tert-OH is 3. The van der Waals surface area contributed by atoms with E-state index in [4.69, 9.17) is 38.4 Å². The van der Waals surface area contributed by atoms with Gasteiger partial charge in [0.25, 0.3) is 0 Å². The second-order valence-electron chi connectivity index (χ2n) is 16.8.